The molecule has 0 radical (unpaired) electrons. The Morgan fingerprint density at radius 2 is 1.96 bits per heavy atom. The van der Waals surface area contributed by atoms with Gasteiger partial charge in [-0.25, -0.2) is 12.8 Å². The highest BCUT2D eigenvalue weighted by Crippen LogP contribution is 2.25. The molecule has 0 aliphatic carbocycles. The Hall–Kier alpha value is -2.08. The van der Waals surface area contributed by atoms with E-state index in [9.17, 15) is 12.8 Å². The summed E-state index contributed by atoms with van der Waals surface area (Å²) in [4.78, 5) is -0.285. The van der Waals surface area contributed by atoms with E-state index < -0.39 is 15.7 Å². The second-order valence-corrected chi connectivity index (χ2v) is 7.27. The Kier molecular flexibility index (Phi) is 5.26. The zero-order valence-corrected chi connectivity index (χ0v) is 14.2. The normalized spacial score (nSPS) is 12.7. The Labute approximate surface area is 136 Å². The summed E-state index contributed by atoms with van der Waals surface area (Å²) in [7, 11) is -3.56. The average molecular weight is 337 g/mol. The number of ether oxygens (including phenoxy) is 1. The minimum atomic E-state index is -3.56. The molecule has 0 aliphatic heterocycles. The summed E-state index contributed by atoms with van der Waals surface area (Å²) in [6.07, 6.45) is 0.992. The first-order valence-corrected chi connectivity index (χ1v) is 9.19. The van der Waals surface area contributed by atoms with Gasteiger partial charge in [-0.15, -0.1) is 0 Å². The average Bonchev–Trinajstić information content (AvgIpc) is 2.46. The lowest BCUT2D eigenvalue weighted by Gasteiger charge is -2.17. The quantitative estimate of drug-likeness (QED) is 0.871. The molecule has 23 heavy (non-hydrogen) atoms. The number of sulfone groups is 1. The molecule has 1 atom stereocenters. The van der Waals surface area contributed by atoms with Crippen molar-refractivity contribution in [3.8, 4) is 5.75 Å². The molecule has 0 aliphatic rings. The largest absolute Gasteiger partial charge is 0.494 e. The first kappa shape index (κ1) is 17.3. The molecular formula is C17H20FNO3S. The molecule has 0 saturated carbocycles. The molecule has 0 unspecified atom stereocenters. The topological polar surface area (TPSA) is 55.4 Å². The van der Waals surface area contributed by atoms with Gasteiger partial charge in [-0.05, 0) is 43.7 Å². The molecular weight excluding hydrogens is 317 g/mol. The van der Waals surface area contributed by atoms with Crippen LogP contribution in [0, 0.1) is 5.82 Å². The van der Waals surface area contributed by atoms with Gasteiger partial charge in [0.25, 0.3) is 0 Å². The third kappa shape index (κ3) is 4.45. The van der Waals surface area contributed by atoms with Crippen LogP contribution in [0.4, 0.5) is 10.1 Å². The Balaban J connectivity index is 2.19. The molecule has 2 aromatic carbocycles. The number of nitrogens with one attached hydrogen (secondary N) is 1. The Bertz CT molecular complexity index is 790. The van der Waals surface area contributed by atoms with Crippen LogP contribution in [-0.4, -0.2) is 21.3 Å². The van der Waals surface area contributed by atoms with Crippen LogP contribution in [0.25, 0.3) is 0 Å². The minimum absolute atomic E-state index is 0.185. The molecule has 1 N–H and O–H groups in total. The van der Waals surface area contributed by atoms with Crippen molar-refractivity contribution < 1.29 is 17.5 Å². The fourth-order valence-electron chi connectivity index (χ4n) is 2.26. The van der Waals surface area contributed by atoms with E-state index in [1.54, 1.807) is 6.07 Å². The third-order valence-electron chi connectivity index (χ3n) is 3.38. The standard InChI is InChI=1S/C17H20FNO3S/c1-4-22-15-7-5-6-14(11-15)19-12(2)13-8-9-17(16(18)10-13)23(3,20)21/h5-12,19H,4H2,1-3H3/t12-/m0/s1. The Morgan fingerprint density at radius 3 is 2.57 bits per heavy atom. The van der Waals surface area contributed by atoms with Crippen LogP contribution in [0.1, 0.15) is 25.5 Å². The first-order chi connectivity index (χ1) is 10.8. The summed E-state index contributed by atoms with van der Waals surface area (Å²) < 4.78 is 42.3. The van der Waals surface area contributed by atoms with Crippen LogP contribution >= 0.6 is 0 Å². The molecule has 0 spiro atoms. The van der Waals surface area contributed by atoms with Gasteiger partial charge in [0.2, 0.25) is 0 Å². The molecule has 0 heterocycles. The van der Waals surface area contributed by atoms with Crippen LogP contribution in [0.5, 0.6) is 5.75 Å². The van der Waals surface area contributed by atoms with E-state index in [1.165, 1.54) is 12.1 Å². The monoisotopic (exact) mass is 337 g/mol. The van der Waals surface area contributed by atoms with Crippen LogP contribution < -0.4 is 10.1 Å². The molecule has 0 amide bonds. The fraction of sp³-hybridized carbons (Fsp3) is 0.294. The van der Waals surface area contributed by atoms with Gasteiger partial charge in [0.1, 0.15) is 16.5 Å². The Morgan fingerprint density at radius 1 is 1.22 bits per heavy atom. The van der Waals surface area contributed by atoms with E-state index in [-0.39, 0.29) is 10.9 Å². The maximum atomic E-state index is 14.0. The summed E-state index contributed by atoms with van der Waals surface area (Å²) in [5.41, 5.74) is 1.51. The van der Waals surface area contributed by atoms with Gasteiger partial charge in [-0.1, -0.05) is 12.1 Å². The SMILES string of the molecule is CCOc1cccc(N[C@@H](C)c2ccc(S(C)(=O)=O)c(F)c2)c1. The highest BCUT2D eigenvalue weighted by molar-refractivity contribution is 7.90. The third-order valence-corrected chi connectivity index (χ3v) is 4.51. The second kappa shape index (κ2) is 7.00. The number of benzene rings is 2. The van der Waals surface area contributed by atoms with Crippen LogP contribution in [0.2, 0.25) is 0 Å². The summed E-state index contributed by atoms with van der Waals surface area (Å²) in [5, 5.41) is 3.25. The number of halogens is 1. The maximum absolute atomic E-state index is 14.0. The van der Waals surface area contributed by atoms with E-state index in [1.807, 2.05) is 38.1 Å². The number of hydrogen-bond donors (Lipinski definition) is 1. The van der Waals surface area contributed by atoms with Gasteiger partial charge in [0.05, 0.1) is 6.61 Å². The zero-order chi connectivity index (χ0) is 17.0. The molecule has 4 nitrogen and oxygen atoms in total. The van der Waals surface area contributed by atoms with Crippen molar-refractivity contribution in [3.05, 3.63) is 53.8 Å². The van der Waals surface area contributed by atoms with Crippen molar-refractivity contribution in [2.45, 2.75) is 24.8 Å². The zero-order valence-electron chi connectivity index (χ0n) is 13.3. The van der Waals surface area contributed by atoms with Gasteiger partial charge in [0, 0.05) is 24.1 Å². The van der Waals surface area contributed by atoms with Crippen LogP contribution in [-0.2, 0) is 9.84 Å². The summed E-state index contributed by atoms with van der Waals surface area (Å²) >= 11 is 0. The van der Waals surface area contributed by atoms with E-state index in [0.29, 0.717) is 12.2 Å². The lowest BCUT2D eigenvalue weighted by molar-refractivity contribution is 0.340. The van der Waals surface area contributed by atoms with Crippen molar-refractivity contribution in [2.75, 3.05) is 18.2 Å². The molecule has 0 fully saturated rings. The van der Waals surface area contributed by atoms with Gasteiger partial charge >= 0.3 is 0 Å². The highest BCUT2D eigenvalue weighted by atomic mass is 32.2. The van der Waals surface area contributed by atoms with Crippen LogP contribution in [0.3, 0.4) is 0 Å². The summed E-state index contributed by atoms with van der Waals surface area (Å²) in [5.74, 6) is 0.0185. The predicted molar refractivity (Wildman–Crippen MR) is 89.2 cm³/mol. The smallest absolute Gasteiger partial charge is 0.178 e. The molecule has 6 heteroatoms. The summed E-state index contributed by atoms with van der Waals surface area (Å²) in [6.45, 7) is 4.37. The van der Waals surface area contributed by atoms with Crippen LogP contribution in [0.15, 0.2) is 47.4 Å². The highest BCUT2D eigenvalue weighted by Gasteiger charge is 2.16. The van der Waals surface area contributed by atoms with E-state index in [0.717, 1.165) is 17.7 Å². The molecule has 0 bridgehead atoms. The van der Waals surface area contributed by atoms with Crippen molar-refractivity contribution in [3.63, 3.8) is 0 Å². The molecule has 124 valence electrons. The molecule has 2 rings (SSSR count). The van der Waals surface area contributed by atoms with Gasteiger partial charge in [-0.3, -0.25) is 0 Å². The van der Waals surface area contributed by atoms with E-state index in [4.69, 9.17) is 4.74 Å². The fourth-order valence-corrected chi connectivity index (χ4v) is 2.99. The van der Waals surface area contributed by atoms with E-state index >= 15 is 0 Å². The number of anilines is 1. The lowest BCUT2D eigenvalue weighted by atomic mass is 10.1. The maximum Gasteiger partial charge on any atom is 0.178 e. The molecule has 2 aromatic rings. The number of hydrogen-bond acceptors (Lipinski definition) is 4. The summed E-state index contributed by atoms with van der Waals surface area (Å²) in [6, 6.07) is 11.5. The molecule has 0 aromatic heterocycles. The van der Waals surface area contributed by atoms with Gasteiger partial charge < -0.3 is 10.1 Å². The van der Waals surface area contributed by atoms with Crippen molar-refractivity contribution >= 4 is 15.5 Å². The van der Waals surface area contributed by atoms with Gasteiger partial charge in [-0.2, -0.15) is 0 Å². The van der Waals surface area contributed by atoms with E-state index in [2.05, 4.69) is 5.32 Å². The lowest BCUT2D eigenvalue weighted by Crippen LogP contribution is -2.09. The van der Waals surface area contributed by atoms with Crippen molar-refractivity contribution in [2.24, 2.45) is 0 Å². The van der Waals surface area contributed by atoms with Crippen molar-refractivity contribution in [1.29, 1.82) is 0 Å². The predicted octanol–water partition coefficient (Wildman–Crippen LogP) is 3.80. The van der Waals surface area contributed by atoms with Gasteiger partial charge in [0.15, 0.2) is 9.84 Å². The van der Waals surface area contributed by atoms with Crippen molar-refractivity contribution in [1.82, 2.24) is 0 Å². The first-order valence-electron chi connectivity index (χ1n) is 7.30. The molecule has 0 saturated heterocycles. The second-order valence-electron chi connectivity index (χ2n) is 5.29. The number of rotatable bonds is 6. The minimum Gasteiger partial charge on any atom is -0.494 e.